The van der Waals surface area contributed by atoms with Crippen molar-refractivity contribution in [2.24, 2.45) is 5.92 Å². The minimum absolute atomic E-state index is 0.599. The molecule has 0 bridgehead atoms. The van der Waals surface area contributed by atoms with Crippen molar-refractivity contribution in [3.8, 4) is 6.07 Å². The normalized spacial score (nSPS) is 23.7. The van der Waals surface area contributed by atoms with Crippen LogP contribution in [0.2, 0.25) is 0 Å². The number of hydrogen-bond acceptors (Lipinski definition) is 4. The molecule has 0 N–H and O–H groups in total. The molecule has 0 aromatic carbocycles. The number of nitriles is 1. The van der Waals surface area contributed by atoms with Gasteiger partial charge in [0.25, 0.3) is 0 Å². The summed E-state index contributed by atoms with van der Waals surface area (Å²) < 4.78 is 0. The van der Waals surface area contributed by atoms with Gasteiger partial charge < -0.3 is 4.90 Å². The predicted octanol–water partition coefficient (Wildman–Crippen LogP) is 2.90. The highest BCUT2D eigenvalue weighted by Gasteiger charge is 2.29. The fourth-order valence-electron chi connectivity index (χ4n) is 3.22. The lowest BCUT2D eigenvalue weighted by atomic mass is 9.79. The SMILES string of the molecule is N#Cc1cnnc(N2CCCCC2CC2CCC2)c1. The maximum atomic E-state index is 8.98. The van der Waals surface area contributed by atoms with Gasteiger partial charge in [0, 0.05) is 18.7 Å². The van der Waals surface area contributed by atoms with Crippen molar-refractivity contribution >= 4 is 5.82 Å². The maximum absolute atomic E-state index is 8.98. The molecule has 1 aromatic rings. The van der Waals surface area contributed by atoms with Gasteiger partial charge in [-0.1, -0.05) is 19.3 Å². The van der Waals surface area contributed by atoms with Crippen molar-refractivity contribution in [3.05, 3.63) is 17.8 Å². The van der Waals surface area contributed by atoms with Gasteiger partial charge in [-0.2, -0.15) is 10.4 Å². The lowest BCUT2D eigenvalue weighted by Gasteiger charge is -2.40. The van der Waals surface area contributed by atoms with E-state index in [1.165, 1.54) is 51.1 Å². The Kier molecular flexibility index (Phi) is 3.63. The Labute approximate surface area is 114 Å². The summed E-state index contributed by atoms with van der Waals surface area (Å²) in [6, 6.07) is 4.64. The minimum atomic E-state index is 0.599. The molecule has 1 aliphatic heterocycles. The van der Waals surface area contributed by atoms with Crippen molar-refractivity contribution in [2.75, 3.05) is 11.4 Å². The summed E-state index contributed by atoms with van der Waals surface area (Å²) in [7, 11) is 0. The number of hydrogen-bond donors (Lipinski definition) is 0. The molecule has 2 aliphatic rings. The van der Waals surface area contributed by atoms with Crippen LogP contribution in [0.1, 0.15) is 50.5 Å². The van der Waals surface area contributed by atoms with E-state index in [2.05, 4.69) is 21.2 Å². The average Bonchev–Trinajstić information content (AvgIpc) is 2.43. The van der Waals surface area contributed by atoms with Gasteiger partial charge in [0.2, 0.25) is 0 Å². The van der Waals surface area contributed by atoms with Crippen molar-refractivity contribution in [1.82, 2.24) is 10.2 Å². The van der Waals surface area contributed by atoms with Crippen molar-refractivity contribution in [2.45, 2.75) is 51.0 Å². The van der Waals surface area contributed by atoms with Gasteiger partial charge in [0.05, 0.1) is 11.8 Å². The summed E-state index contributed by atoms with van der Waals surface area (Å²) in [6.07, 6.45) is 10.8. The van der Waals surface area contributed by atoms with Crippen LogP contribution in [0.5, 0.6) is 0 Å². The smallest absolute Gasteiger partial charge is 0.152 e. The fraction of sp³-hybridized carbons (Fsp3) is 0.667. The first kappa shape index (κ1) is 12.4. The van der Waals surface area contributed by atoms with E-state index >= 15 is 0 Å². The third kappa shape index (κ3) is 2.70. The van der Waals surface area contributed by atoms with Crippen LogP contribution in [0.15, 0.2) is 12.3 Å². The molecule has 2 heterocycles. The van der Waals surface area contributed by atoms with Crippen LogP contribution in [-0.4, -0.2) is 22.8 Å². The van der Waals surface area contributed by atoms with Crippen LogP contribution in [0.3, 0.4) is 0 Å². The Bertz CT molecular complexity index is 475. The zero-order valence-electron chi connectivity index (χ0n) is 11.3. The molecule has 0 radical (unpaired) electrons. The predicted molar refractivity (Wildman–Crippen MR) is 73.7 cm³/mol. The molecule has 0 spiro atoms. The molecular formula is C15H20N4. The molecule has 1 aromatic heterocycles. The molecule has 1 saturated carbocycles. The molecule has 3 rings (SSSR count). The Morgan fingerprint density at radius 2 is 2.16 bits per heavy atom. The van der Waals surface area contributed by atoms with Gasteiger partial charge in [0.15, 0.2) is 5.82 Å². The molecule has 1 aliphatic carbocycles. The zero-order chi connectivity index (χ0) is 13.1. The molecule has 1 saturated heterocycles. The molecule has 4 nitrogen and oxygen atoms in total. The average molecular weight is 256 g/mol. The third-order valence-electron chi connectivity index (χ3n) is 4.52. The first-order valence-corrected chi connectivity index (χ1v) is 7.36. The highest BCUT2D eigenvalue weighted by atomic mass is 15.3. The summed E-state index contributed by atoms with van der Waals surface area (Å²) in [5.41, 5.74) is 0.609. The molecule has 0 amide bonds. The molecule has 19 heavy (non-hydrogen) atoms. The van der Waals surface area contributed by atoms with E-state index in [0.29, 0.717) is 11.6 Å². The molecule has 1 unspecified atom stereocenters. The monoisotopic (exact) mass is 256 g/mol. The minimum Gasteiger partial charge on any atom is -0.352 e. The van der Waals surface area contributed by atoms with E-state index in [-0.39, 0.29) is 0 Å². The van der Waals surface area contributed by atoms with Gasteiger partial charge in [0.1, 0.15) is 6.07 Å². The maximum Gasteiger partial charge on any atom is 0.152 e. The highest BCUT2D eigenvalue weighted by Crippen LogP contribution is 2.35. The van der Waals surface area contributed by atoms with E-state index in [1.807, 2.05) is 6.07 Å². The Morgan fingerprint density at radius 1 is 1.26 bits per heavy atom. The van der Waals surface area contributed by atoms with E-state index in [4.69, 9.17) is 5.26 Å². The molecular weight excluding hydrogens is 236 g/mol. The fourth-order valence-corrected chi connectivity index (χ4v) is 3.22. The quantitative estimate of drug-likeness (QED) is 0.834. The number of anilines is 1. The van der Waals surface area contributed by atoms with Crippen LogP contribution in [0, 0.1) is 17.2 Å². The van der Waals surface area contributed by atoms with Crippen LogP contribution < -0.4 is 4.90 Å². The Morgan fingerprint density at radius 3 is 2.89 bits per heavy atom. The Hall–Kier alpha value is -1.63. The second-order valence-corrected chi connectivity index (χ2v) is 5.79. The van der Waals surface area contributed by atoms with E-state index < -0.39 is 0 Å². The third-order valence-corrected chi connectivity index (χ3v) is 4.52. The second kappa shape index (κ2) is 5.56. The van der Waals surface area contributed by atoms with E-state index in [9.17, 15) is 0 Å². The summed E-state index contributed by atoms with van der Waals surface area (Å²) in [5, 5.41) is 17.2. The van der Waals surface area contributed by atoms with Crippen LogP contribution in [-0.2, 0) is 0 Å². The summed E-state index contributed by atoms with van der Waals surface area (Å²) >= 11 is 0. The first-order chi connectivity index (χ1) is 9.36. The van der Waals surface area contributed by atoms with Gasteiger partial charge >= 0.3 is 0 Å². The largest absolute Gasteiger partial charge is 0.352 e. The lowest BCUT2D eigenvalue weighted by molar-refractivity contribution is 0.256. The summed E-state index contributed by atoms with van der Waals surface area (Å²) in [4.78, 5) is 2.38. The standard InChI is InChI=1S/C15H20N4/c16-10-13-9-15(18-17-11-13)19-7-2-1-6-14(19)8-12-4-3-5-12/h9,11-12,14H,1-8H2. The molecule has 2 fully saturated rings. The van der Waals surface area contributed by atoms with Gasteiger partial charge in [-0.05, 0) is 31.6 Å². The van der Waals surface area contributed by atoms with Crippen molar-refractivity contribution in [3.63, 3.8) is 0 Å². The van der Waals surface area contributed by atoms with Crippen LogP contribution in [0.4, 0.5) is 5.82 Å². The lowest BCUT2D eigenvalue weighted by Crippen LogP contribution is -2.42. The van der Waals surface area contributed by atoms with Gasteiger partial charge in [-0.25, -0.2) is 0 Å². The molecule has 4 heteroatoms. The van der Waals surface area contributed by atoms with Gasteiger partial charge in [-0.15, -0.1) is 5.10 Å². The first-order valence-electron chi connectivity index (χ1n) is 7.36. The van der Waals surface area contributed by atoms with Crippen LogP contribution >= 0.6 is 0 Å². The Balaban J connectivity index is 1.76. The van der Waals surface area contributed by atoms with E-state index in [1.54, 1.807) is 0 Å². The zero-order valence-corrected chi connectivity index (χ0v) is 11.3. The molecule has 1 atom stereocenters. The summed E-state index contributed by atoms with van der Waals surface area (Å²) in [6.45, 7) is 1.06. The number of nitrogens with zero attached hydrogens (tertiary/aromatic N) is 4. The number of rotatable bonds is 3. The van der Waals surface area contributed by atoms with Crippen molar-refractivity contribution in [1.29, 1.82) is 5.26 Å². The number of aromatic nitrogens is 2. The van der Waals surface area contributed by atoms with Crippen LogP contribution in [0.25, 0.3) is 0 Å². The van der Waals surface area contributed by atoms with E-state index in [0.717, 1.165) is 18.3 Å². The molecule has 100 valence electrons. The topological polar surface area (TPSA) is 52.8 Å². The van der Waals surface area contributed by atoms with Crippen molar-refractivity contribution < 1.29 is 0 Å². The highest BCUT2D eigenvalue weighted by molar-refractivity contribution is 5.44. The summed E-state index contributed by atoms with van der Waals surface area (Å²) in [5.74, 6) is 1.81. The second-order valence-electron chi connectivity index (χ2n) is 5.79. The van der Waals surface area contributed by atoms with Gasteiger partial charge in [-0.3, -0.25) is 0 Å². The number of piperidine rings is 1.